The third kappa shape index (κ3) is 2.05. The van der Waals surface area contributed by atoms with Gasteiger partial charge >= 0.3 is 0 Å². The minimum Gasteiger partial charge on any atom is -0.269 e. The average Bonchev–Trinajstić information content (AvgIpc) is 2.99. The summed E-state index contributed by atoms with van der Waals surface area (Å²) in [6, 6.07) is 11.1. The van der Waals surface area contributed by atoms with Crippen LogP contribution in [0.3, 0.4) is 0 Å². The van der Waals surface area contributed by atoms with E-state index in [1.807, 2.05) is 0 Å². The molecule has 0 saturated carbocycles. The molecule has 0 aliphatic carbocycles. The monoisotopic (exact) mass is 348 g/mol. The Kier molecular flexibility index (Phi) is 3.18. The normalized spacial score (nSPS) is 16.4. The van der Waals surface area contributed by atoms with Crippen molar-refractivity contribution >= 4 is 29.3 Å². The molecule has 2 aromatic carbocycles. The quantitative estimate of drug-likeness (QED) is 0.743. The van der Waals surface area contributed by atoms with E-state index >= 15 is 0 Å². The van der Waals surface area contributed by atoms with Gasteiger partial charge in [0.15, 0.2) is 0 Å². The van der Waals surface area contributed by atoms with Crippen LogP contribution in [-0.2, 0) is 0 Å². The van der Waals surface area contributed by atoms with Gasteiger partial charge in [0, 0.05) is 5.54 Å². The Hall–Kier alpha value is -3.28. The van der Waals surface area contributed by atoms with E-state index in [2.05, 4.69) is 0 Å². The number of amides is 4. The molecule has 0 aromatic heterocycles. The highest BCUT2D eigenvalue weighted by Crippen LogP contribution is 2.34. The van der Waals surface area contributed by atoms with Crippen LogP contribution < -0.4 is 4.90 Å². The van der Waals surface area contributed by atoms with Gasteiger partial charge in [0.25, 0.3) is 23.6 Å². The highest BCUT2D eigenvalue weighted by molar-refractivity contribution is 6.34. The summed E-state index contributed by atoms with van der Waals surface area (Å²) < 4.78 is 0. The molecule has 2 aromatic rings. The Balaban J connectivity index is 1.79. The Morgan fingerprint density at radius 2 is 1.15 bits per heavy atom. The van der Waals surface area contributed by atoms with E-state index in [9.17, 15) is 19.2 Å². The second kappa shape index (κ2) is 5.11. The third-order valence-electron chi connectivity index (χ3n) is 4.59. The van der Waals surface area contributed by atoms with Gasteiger partial charge in [0.1, 0.15) is 0 Å². The van der Waals surface area contributed by atoms with Crippen LogP contribution in [0.5, 0.6) is 0 Å². The van der Waals surface area contributed by atoms with E-state index in [0.29, 0.717) is 11.1 Å². The van der Waals surface area contributed by atoms with E-state index in [4.69, 9.17) is 0 Å². The molecule has 2 aliphatic rings. The first kappa shape index (κ1) is 16.2. The van der Waals surface area contributed by atoms with Crippen molar-refractivity contribution in [1.82, 2.24) is 4.90 Å². The molecule has 26 heavy (non-hydrogen) atoms. The molecule has 0 spiro atoms. The van der Waals surface area contributed by atoms with Crippen LogP contribution in [0.1, 0.15) is 62.2 Å². The lowest BCUT2D eigenvalue weighted by atomic mass is 10.1. The summed E-state index contributed by atoms with van der Waals surface area (Å²) >= 11 is 0. The number of fused-ring (bicyclic) bond motifs is 2. The molecule has 2 aliphatic heterocycles. The van der Waals surface area contributed by atoms with E-state index < -0.39 is 23.3 Å². The van der Waals surface area contributed by atoms with Crippen molar-refractivity contribution in [2.24, 2.45) is 0 Å². The largest absolute Gasteiger partial charge is 0.269 e. The zero-order chi connectivity index (χ0) is 18.8. The van der Waals surface area contributed by atoms with Gasteiger partial charge in [0.05, 0.1) is 27.9 Å². The standard InChI is InChI=1S/C20H16N2O4/c1-20(2,3)22-18(25)14-9-8-11(10-15(14)19(22)26)21-16(23)12-6-4-5-7-13(12)17(21)24/h4-10H,1-3H3. The number of carbonyl (C=O) groups is 4. The van der Waals surface area contributed by atoms with Gasteiger partial charge in [-0.2, -0.15) is 0 Å². The topological polar surface area (TPSA) is 74.8 Å². The molecule has 0 atom stereocenters. The molecule has 0 bridgehead atoms. The SMILES string of the molecule is CC(C)(C)N1C(=O)c2ccc(N3C(=O)c4ccccc4C3=O)cc2C1=O. The summed E-state index contributed by atoms with van der Waals surface area (Å²) in [6.07, 6.45) is 0. The predicted molar refractivity (Wildman–Crippen MR) is 94.3 cm³/mol. The Morgan fingerprint density at radius 3 is 1.69 bits per heavy atom. The molecular weight excluding hydrogens is 332 g/mol. The fourth-order valence-corrected chi connectivity index (χ4v) is 3.40. The number of hydrogen-bond acceptors (Lipinski definition) is 4. The predicted octanol–water partition coefficient (Wildman–Crippen LogP) is 2.88. The van der Waals surface area contributed by atoms with Crippen LogP contribution in [0, 0.1) is 0 Å². The van der Waals surface area contributed by atoms with Crippen LogP contribution in [0.4, 0.5) is 5.69 Å². The fourth-order valence-electron chi connectivity index (χ4n) is 3.40. The van der Waals surface area contributed by atoms with Crippen molar-refractivity contribution in [2.75, 3.05) is 4.90 Å². The summed E-state index contributed by atoms with van der Waals surface area (Å²) in [5.41, 5.74) is 0.771. The van der Waals surface area contributed by atoms with Crippen LogP contribution in [0.2, 0.25) is 0 Å². The number of hydrogen-bond donors (Lipinski definition) is 0. The molecule has 2 heterocycles. The van der Waals surface area contributed by atoms with Crippen molar-refractivity contribution in [1.29, 1.82) is 0 Å². The van der Waals surface area contributed by atoms with Crippen molar-refractivity contribution in [3.05, 3.63) is 64.7 Å². The zero-order valence-electron chi connectivity index (χ0n) is 14.6. The molecule has 0 fully saturated rings. The average molecular weight is 348 g/mol. The Morgan fingerprint density at radius 1 is 0.654 bits per heavy atom. The van der Waals surface area contributed by atoms with Crippen LogP contribution in [0.15, 0.2) is 42.5 Å². The van der Waals surface area contributed by atoms with Gasteiger partial charge in [-0.3, -0.25) is 24.1 Å². The first-order chi connectivity index (χ1) is 12.2. The zero-order valence-corrected chi connectivity index (χ0v) is 14.6. The second-order valence-corrected chi connectivity index (χ2v) is 7.34. The molecular formula is C20H16N2O4. The number of benzene rings is 2. The molecule has 0 N–H and O–H groups in total. The maximum absolute atomic E-state index is 12.7. The Labute approximate surface area is 150 Å². The van der Waals surface area contributed by atoms with Gasteiger partial charge in [0.2, 0.25) is 0 Å². The number of imide groups is 2. The summed E-state index contributed by atoms with van der Waals surface area (Å²) in [7, 11) is 0. The van der Waals surface area contributed by atoms with Gasteiger partial charge in [-0.05, 0) is 51.1 Å². The maximum Gasteiger partial charge on any atom is 0.266 e. The molecule has 4 rings (SSSR count). The molecule has 6 heteroatoms. The van der Waals surface area contributed by atoms with Crippen LogP contribution in [-0.4, -0.2) is 34.1 Å². The molecule has 0 unspecified atom stereocenters. The van der Waals surface area contributed by atoms with E-state index in [-0.39, 0.29) is 22.7 Å². The van der Waals surface area contributed by atoms with Crippen LogP contribution >= 0.6 is 0 Å². The van der Waals surface area contributed by atoms with Crippen molar-refractivity contribution in [3.63, 3.8) is 0 Å². The third-order valence-corrected chi connectivity index (χ3v) is 4.59. The van der Waals surface area contributed by atoms with E-state index in [1.54, 1.807) is 45.0 Å². The minimum atomic E-state index is -0.664. The maximum atomic E-state index is 12.7. The lowest BCUT2D eigenvalue weighted by Crippen LogP contribution is -2.45. The van der Waals surface area contributed by atoms with E-state index in [0.717, 1.165) is 4.90 Å². The van der Waals surface area contributed by atoms with E-state index in [1.165, 1.54) is 23.1 Å². The van der Waals surface area contributed by atoms with Crippen molar-refractivity contribution in [2.45, 2.75) is 26.3 Å². The first-order valence-corrected chi connectivity index (χ1v) is 8.22. The van der Waals surface area contributed by atoms with Gasteiger partial charge in [-0.1, -0.05) is 12.1 Å². The van der Waals surface area contributed by atoms with Gasteiger partial charge in [-0.25, -0.2) is 4.90 Å². The lowest BCUT2D eigenvalue weighted by molar-refractivity contribution is 0.0507. The summed E-state index contributed by atoms with van der Waals surface area (Å²) in [5.74, 6) is -1.66. The number of anilines is 1. The summed E-state index contributed by atoms with van der Waals surface area (Å²) in [4.78, 5) is 52.8. The lowest BCUT2D eigenvalue weighted by Gasteiger charge is -2.29. The number of carbonyl (C=O) groups excluding carboxylic acids is 4. The molecule has 130 valence electrons. The van der Waals surface area contributed by atoms with Crippen LogP contribution in [0.25, 0.3) is 0 Å². The second-order valence-electron chi connectivity index (χ2n) is 7.34. The summed E-state index contributed by atoms with van der Waals surface area (Å²) in [6.45, 7) is 5.33. The number of nitrogens with zero attached hydrogens (tertiary/aromatic N) is 2. The highest BCUT2D eigenvalue weighted by atomic mass is 16.2. The Bertz CT molecular complexity index is 982. The minimum absolute atomic E-state index is 0.207. The number of rotatable bonds is 1. The molecule has 0 radical (unpaired) electrons. The highest BCUT2D eigenvalue weighted by Gasteiger charge is 2.43. The first-order valence-electron chi connectivity index (χ1n) is 8.22. The fraction of sp³-hybridized carbons (Fsp3) is 0.200. The van der Waals surface area contributed by atoms with Gasteiger partial charge < -0.3 is 0 Å². The smallest absolute Gasteiger partial charge is 0.266 e. The van der Waals surface area contributed by atoms with Crippen molar-refractivity contribution < 1.29 is 19.2 Å². The molecule has 0 saturated heterocycles. The molecule has 4 amide bonds. The van der Waals surface area contributed by atoms with Gasteiger partial charge in [-0.15, -0.1) is 0 Å². The van der Waals surface area contributed by atoms with Crippen molar-refractivity contribution in [3.8, 4) is 0 Å². The summed E-state index contributed by atoms with van der Waals surface area (Å²) in [5, 5.41) is 0. The molecule has 6 nitrogen and oxygen atoms in total.